The van der Waals surface area contributed by atoms with Crippen LogP contribution in [0.1, 0.15) is 26.0 Å². The van der Waals surface area contributed by atoms with E-state index in [-0.39, 0.29) is 0 Å². The molecule has 0 fully saturated rings. The first kappa shape index (κ1) is 9.72. The zero-order valence-corrected chi connectivity index (χ0v) is 8.20. The minimum absolute atomic E-state index is 1.02. The molecule has 1 aliphatic rings. The fourth-order valence-electron chi connectivity index (χ4n) is 1.19. The molecule has 0 atom stereocenters. The van der Waals surface area contributed by atoms with Gasteiger partial charge in [-0.3, -0.25) is 4.98 Å². The highest BCUT2D eigenvalue weighted by Gasteiger charge is 2.01. The second-order valence-corrected chi connectivity index (χ2v) is 2.54. The minimum Gasteiger partial charge on any atom is -0.257 e. The molecular formula is C12H15N. The average molecular weight is 173 g/mol. The summed E-state index contributed by atoms with van der Waals surface area (Å²) in [5.74, 6) is 0. The number of aromatic nitrogens is 1. The van der Waals surface area contributed by atoms with Crippen molar-refractivity contribution in [2.75, 3.05) is 0 Å². The molecule has 0 aromatic carbocycles. The predicted octanol–water partition coefficient (Wildman–Crippen LogP) is 3.45. The van der Waals surface area contributed by atoms with E-state index >= 15 is 0 Å². The van der Waals surface area contributed by atoms with E-state index in [0.717, 1.165) is 12.1 Å². The van der Waals surface area contributed by atoms with Crippen LogP contribution in [0.25, 0.3) is 5.57 Å². The molecule has 0 saturated carbocycles. The summed E-state index contributed by atoms with van der Waals surface area (Å²) in [7, 11) is 0. The third kappa shape index (κ3) is 2.55. The third-order valence-electron chi connectivity index (χ3n) is 1.77. The van der Waals surface area contributed by atoms with E-state index in [1.165, 1.54) is 5.57 Å². The van der Waals surface area contributed by atoms with Gasteiger partial charge in [0.25, 0.3) is 0 Å². The van der Waals surface area contributed by atoms with Gasteiger partial charge >= 0.3 is 0 Å². The van der Waals surface area contributed by atoms with Gasteiger partial charge in [-0.2, -0.15) is 0 Å². The highest BCUT2D eigenvalue weighted by molar-refractivity contribution is 5.68. The molecule has 13 heavy (non-hydrogen) atoms. The van der Waals surface area contributed by atoms with Gasteiger partial charge in [0.15, 0.2) is 0 Å². The first-order chi connectivity index (χ1) is 6.47. The van der Waals surface area contributed by atoms with Crippen molar-refractivity contribution >= 4 is 5.57 Å². The Kier molecular flexibility index (Phi) is 3.97. The molecule has 1 aromatic rings. The smallest absolute Gasteiger partial charge is 0.0664 e. The maximum Gasteiger partial charge on any atom is 0.0664 e. The Hall–Kier alpha value is -1.37. The fraction of sp³-hybridized carbons (Fsp3) is 0.250. The zero-order valence-electron chi connectivity index (χ0n) is 8.20. The van der Waals surface area contributed by atoms with E-state index in [4.69, 9.17) is 0 Å². The Morgan fingerprint density at radius 1 is 1.23 bits per heavy atom. The molecule has 1 aromatic heterocycles. The molecule has 1 aliphatic carbocycles. The van der Waals surface area contributed by atoms with E-state index in [1.807, 2.05) is 38.2 Å². The normalized spacial score (nSPS) is 13.2. The predicted molar refractivity (Wildman–Crippen MR) is 57.3 cm³/mol. The fourth-order valence-corrected chi connectivity index (χ4v) is 1.19. The van der Waals surface area contributed by atoms with Crippen LogP contribution in [-0.2, 0) is 0 Å². The highest BCUT2D eigenvalue weighted by Crippen LogP contribution is 2.20. The van der Waals surface area contributed by atoms with E-state index in [0.29, 0.717) is 0 Å². The molecule has 1 heterocycles. The molecule has 0 unspecified atom stereocenters. The van der Waals surface area contributed by atoms with Crippen molar-refractivity contribution in [2.45, 2.75) is 20.3 Å². The van der Waals surface area contributed by atoms with E-state index in [1.54, 1.807) is 0 Å². The van der Waals surface area contributed by atoms with Crippen LogP contribution >= 0.6 is 0 Å². The number of pyridine rings is 1. The summed E-state index contributed by atoms with van der Waals surface area (Å²) in [6, 6.07) is 5.99. The van der Waals surface area contributed by atoms with E-state index in [2.05, 4.69) is 23.2 Å². The van der Waals surface area contributed by atoms with Crippen LogP contribution in [0.15, 0.2) is 42.6 Å². The van der Waals surface area contributed by atoms with Crippen LogP contribution in [0.5, 0.6) is 0 Å². The summed E-state index contributed by atoms with van der Waals surface area (Å²) in [5, 5.41) is 0. The van der Waals surface area contributed by atoms with Crippen molar-refractivity contribution in [1.82, 2.24) is 4.98 Å². The topological polar surface area (TPSA) is 12.9 Å². The monoisotopic (exact) mass is 173 g/mol. The van der Waals surface area contributed by atoms with Gasteiger partial charge in [0, 0.05) is 6.20 Å². The number of allylic oxidation sites excluding steroid dienone is 4. The Morgan fingerprint density at radius 2 is 2.08 bits per heavy atom. The molecule has 0 amide bonds. The number of hydrogen-bond donors (Lipinski definition) is 0. The van der Waals surface area contributed by atoms with Crippen molar-refractivity contribution in [3.63, 3.8) is 0 Å². The van der Waals surface area contributed by atoms with Crippen molar-refractivity contribution < 1.29 is 0 Å². The van der Waals surface area contributed by atoms with Gasteiger partial charge < -0.3 is 0 Å². The third-order valence-corrected chi connectivity index (χ3v) is 1.77. The van der Waals surface area contributed by atoms with Gasteiger partial charge in [-0.25, -0.2) is 0 Å². The number of rotatable bonds is 1. The van der Waals surface area contributed by atoms with Crippen LogP contribution < -0.4 is 0 Å². The van der Waals surface area contributed by atoms with Crippen LogP contribution in [0.4, 0.5) is 0 Å². The second kappa shape index (κ2) is 5.31. The molecule has 1 nitrogen and oxygen atoms in total. The molecule has 2 rings (SSSR count). The Balaban J connectivity index is 0.000000396. The summed E-state index contributed by atoms with van der Waals surface area (Å²) in [6.45, 7) is 4.00. The lowest BCUT2D eigenvalue weighted by Crippen LogP contribution is -1.83. The molecule has 0 bridgehead atoms. The van der Waals surface area contributed by atoms with Gasteiger partial charge in [0.2, 0.25) is 0 Å². The first-order valence-electron chi connectivity index (χ1n) is 4.74. The Morgan fingerprint density at radius 3 is 2.62 bits per heavy atom. The van der Waals surface area contributed by atoms with E-state index < -0.39 is 0 Å². The minimum atomic E-state index is 1.02. The number of hydrogen-bond acceptors (Lipinski definition) is 1. The summed E-state index contributed by atoms with van der Waals surface area (Å²) >= 11 is 0. The average Bonchev–Trinajstić information content (AvgIpc) is 2.75. The van der Waals surface area contributed by atoms with Gasteiger partial charge in [-0.15, -0.1) is 0 Å². The SMILES string of the molecule is C1=CCC(c2ccccn2)=C1.CC. The molecule has 0 N–H and O–H groups in total. The van der Waals surface area contributed by atoms with Gasteiger partial charge in [-0.05, 0) is 24.1 Å². The quantitative estimate of drug-likeness (QED) is 0.633. The molecule has 0 spiro atoms. The van der Waals surface area contributed by atoms with E-state index in [9.17, 15) is 0 Å². The molecule has 1 heteroatoms. The number of nitrogens with zero attached hydrogens (tertiary/aromatic N) is 1. The lowest BCUT2D eigenvalue weighted by atomic mass is 10.1. The van der Waals surface area contributed by atoms with Gasteiger partial charge in [0.05, 0.1) is 5.69 Å². The van der Waals surface area contributed by atoms with Crippen LogP contribution in [-0.4, -0.2) is 4.98 Å². The van der Waals surface area contributed by atoms with Crippen LogP contribution in [0.2, 0.25) is 0 Å². The Bertz CT molecular complexity index is 296. The maximum absolute atomic E-state index is 4.25. The molecule has 0 saturated heterocycles. The maximum atomic E-state index is 4.25. The summed E-state index contributed by atoms with van der Waals surface area (Å²) < 4.78 is 0. The van der Waals surface area contributed by atoms with Crippen molar-refractivity contribution in [2.24, 2.45) is 0 Å². The highest BCUT2D eigenvalue weighted by atomic mass is 14.7. The second-order valence-electron chi connectivity index (χ2n) is 2.54. The largest absolute Gasteiger partial charge is 0.257 e. The van der Waals surface area contributed by atoms with Crippen LogP contribution in [0.3, 0.4) is 0 Å². The van der Waals surface area contributed by atoms with Crippen molar-refractivity contribution in [3.8, 4) is 0 Å². The molecule has 68 valence electrons. The van der Waals surface area contributed by atoms with Gasteiger partial charge in [-0.1, -0.05) is 38.1 Å². The van der Waals surface area contributed by atoms with Crippen molar-refractivity contribution in [3.05, 3.63) is 48.3 Å². The van der Waals surface area contributed by atoms with Gasteiger partial charge in [0.1, 0.15) is 0 Å². The molecule has 0 radical (unpaired) electrons. The standard InChI is InChI=1S/C10H9N.C2H6/c1-2-6-9(5-1)10-7-3-4-8-11-10;1-2/h1-5,7-8H,6H2;1-2H3. The molecule has 0 aliphatic heterocycles. The summed E-state index contributed by atoms with van der Waals surface area (Å²) in [6.07, 6.45) is 9.18. The zero-order chi connectivity index (χ0) is 9.52. The lowest BCUT2D eigenvalue weighted by Gasteiger charge is -1.97. The Labute approximate surface area is 79.8 Å². The summed E-state index contributed by atoms with van der Waals surface area (Å²) in [5.41, 5.74) is 2.41. The molecular weight excluding hydrogens is 158 g/mol. The lowest BCUT2D eigenvalue weighted by molar-refractivity contribution is 1.24. The summed E-state index contributed by atoms with van der Waals surface area (Å²) in [4.78, 5) is 4.25. The van der Waals surface area contributed by atoms with Crippen LogP contribution in [0, 0.1) is 0 Å². The first-order valence-corrected chi connectivity index (χ1v) is 4.74. The van der Waals surface area contributed by atoms with Crippen molar-refractivity contribution in [1.29, 1.82) is 0 Å².